The summed E-state index contributed by atoms with van der Waals surface area (Å²) in [5, 5.41) is 21.4. The molecular weight excluding hydrogens is 382 g/mol. The molecule has 0 amide bonds. The summed E-state index contributed by atoms with van der Waals surface area (Å²) in [4.78, 5) is 14.9. The third-order valence-corrected chi connectivity index (χ3v) is 6.81. The lowest BCUT2D eigenvalue weighted by Gasteiger charge is -2.61. The van der Waals surface area contributed by atoms with Crippen molar-refractivity contribution in [1.29, 1.82) is 0 Å². The summed E-state index contributed by atoms with van der Waals surface area (Å²) in [7, 11) is 0. The summed E-state index contributed by atoms with van der Waals surface area (Å²) >= 11 is 3.60. The second-order valence-electron chi connectivity index (χ2n) is 8.97. The number of aliphatic hydroxyl groups excluding tert-OH is 2. The number of rotatable bonds is 3. The third kappa shape index (κ3) is 3.32. The number of Topliss-reactive ketones (excluding diaryl/α,β-unsaturated/α-hetero) is 1. The number of fused-ring (bicyclic) bond motifs is 2. The molecule has 3 unspecified atom stereocenters. The lowest BCUT2D eigenvalue weighted by molar-refractivity contribution is -0.195. The van der Waals surface area contributed by atoms with Crippen molar-refractivity contribution in [3.05, 3.63) is 34.3 Å². The molecule has 2 aliphatic rings. The van der Waals surface area contributed by atoms with E-state index in [4.69, 9.17) is 0 Å². The Morgan fingerprint density at radius 1 is 1.20 bits per heavy atom. The lowest BCUT2D eigenvalue weighted by Crippen LogP contribution is -2.70. The van der Waals surface area contributed by atoms with Gasteiger partial charge in [-0.1, -0.05) is 34.1 Å². The van der Waals surface area contributed by atoms with Gasteiger partial charge >= 0.3 is 0 Å². The van der Waals surface area contributed by atoms with Crippen molar-refractivity contribution in [1.82, 2.24) is 4.90 Å². The van der Waals surface area contributed by atoms with Gasteiger partial charge in [0, 0.05) is 46.8 Å². The van der Waals surface area contributed by atoms with Crippen LogP contribution in [0.1, 0.15) is 39.2 Å². The smallest absolute Gasteiger partial charge is 0.134 e. The maximum atomic E-state index is 12.6. The minimum atomic E-state index is -0.762. The zero-order valence-corrected chi connectivity index (χ0v) is 16.8. The fraction of sp³-hybridized carbons (Fsp3) is 0.650. The summed E-state index contributed by atoms with van der Waals surface area (Å²) in [6.07, 6.45) is 0.558. The van der Waals surface area contributed by atoms with Crippen molar-refractivity contribution >= 4 is 21.7 Å². The Balaban J connectivity index is 2.06. The predicted octanol–water partition coefficient (Wildman–Crippen LogP) is 2.79. The van der Waals surface area contributed by atoms with Gasteiger partial charge in [0.25, 0.3) is 0 Å². The summed E-state index contributed by atoms with van der Waals surface area (Å²) in [6.45, 7) is 7.51. The van der Waals surface area contributed by atoms with Gasteiger partial charge in [0.15, 0.2) is 0 Å². The molecule has 4 nitrogen and oxygen atoms in total. The average Bonchev–Trinajstić information content (AvgIpc) is 2.51. The first kappa shape index (κ1) is 19.0. The highest BCUT2D eigenvalue weighted by Crippen LogP contribution is 2.52. The maximum Gasteiger partial charge on any atom is 0.134 e. The maximum absolute atomic E-state index is 12.6. The number of hydrogen-bond donors (Lipinski definition) is 2. The molecule has 2 bridgehead atoms. The number of benzene rings is 1. The summed E-state index contributed by atoms with van der Waals surface area (Å²) in [6, 6.07) is 7.99. The van der Waals surface area contributed by atoms with Crippen LogP contribution in [-0.4, -0.2) is 52.2 Å². The summed E-state index contributed by atoms with van der Waals surface area (Å²) in [5.74, 6) is 0.153. The van der Waals surface area contributed by atoms with Crippen molar-refractivity contribution < 1.29 is 15.0 Å². The van der Waals surface area contributed by atoms with Crippen molar-refractivity contribution in [2.24, 2.45) is 10.8 Å². The Morgan fingerprint density at radius 3 is 2.40 bits per heavy atom. The molecule has 5 heteroatoms. The molecule has 25 heavy (non-hydrogen) atoms. The molecule has 1 aromatic rings. The van der Waals surface area contributed by atoms with Crippen LogP contribution in [0, 0.1) is 10.8 Å². The average molecular weight is 410 g/mol. The van der Waals surface area contributed by atoms with Gasteiger partial charge < -0.3 is 10.2 Å². The molecule has 0 spiro atoms. The fourth-order valence-corrected chi connectivity index (χ4v) is 5.12. The minimum Gasteiger partial charge on any atom is -0.396 e. The van der Waals surface area contributed by atoms with E-state index in [1.165, 1.54) is 0 Å². The second-order valence-corrected chi connectivity index (χ2v) is 9.83. The fourth-order valence-electron chi connectivity index (χ4n) is 4.69. The quantitative estimate of drug-likeness (QED) is 0.805. The van der Waals surface area contributed by atoms with E-state index in [-0.39, 0.29) is 24.3 Å². The van der Waals surface area contributed by atoms with E-state index in [0.717, 1.165) is 10.0 Å². The van der Waals surface area contributed by atoms with Gasteiger partial charge in [0.1, 0.15) is 5.78 Å². The molecule has 1 heterocycles. The number of ketones is 1. The van der Waals surface area contributed by atoms with E-state index in [2.05, 4.69) is 41.6 Å². The molecule has 2 fully saturated rings. The first-order chi connectivity index (χ1) is 11.6. The number of nitrogens with zero attached hydrogens (tertiary/aromatic N) is 1. The molecule has 1 aliphatic carbocycles. The van der Waals surface area contributed by atoms with E-state index in [1.807, 2.05) is 24.3 Å². The largest absolute Gasteiger partial charge is 0.396 e. The van der Waals surface area contributed by atoms with Crippen LogP contribution in [0.15, 0.2) is 28.7 Å². The summed E-state index contributed by atoms with van der Waals surface area (Å²) in [5.41, 5.74) is -0.311. The molecule has 0 aromatic heterocycles. The number of carbonyl (C=O) groups is 1. The second kappa shape index (κ2) is 6.45. The number of hydrogen-bond acceptors (Lipinski definition) is 4. The highest BCUT2D eigenvalue weighted by atomic mass is 79.9. The van der Waals surface area contributed by atoms with Gasteiger partial charge in [-0.05, 0) is 38.8 Å². The Hall–Kier alpha value is -0.750. The number of piperidine rings is 1. The first-order valence-corrected chi connectivity index (χ1v) is 9.70. The van der Waals surface area contributed by atoms with E-state index < -0.39 is 16.9 Å². The number of carbonyl (C=O) groups excluding carboxylic acids is 1. The normalized spacial score (nSPS) is 33.5. The standard InChI is InChI=1S/C20H28BrNO3/c1-18(2,3)22-11-19(8-14-6-4-5-7-16(14)21)9-15(24)10-20(12-22,13-23)17(19)25/h4-7,17,23,25H,8-13H2,1-3H3. The van der Waals surface area contributed by atoms with Crippen LogP contribution in [0.3, 0.4) is 0 Å². The van der Waals surface area contributed by atoms with Crippen molar-refractivity contribution in [3.8, 4) is 0 Å². The lowest BCUT2D eigenvalue weighted by atomic mass is 9.54. The Labute approximate surface area is 158 Å². The Kier molecular flexibility index (Phi) is 4.91. The molecule has 1 saturated heterocycles. The van der Waals surface area contributed by atoms with Crippen molar-refractivity contribution in [2.75, 3.05) is 19.7 Å². The predicted molar refractivity (Wildman–Crippen MR) is 101 cm³/mol. The molecular formula is C20H28BrNO3. The van der Waals surface area contributed by atoms with Crippen LogP contribution in [0.2, 0.25) is 0 Å². The van der Waals surface area contributed by atoms with Gasteiger partial charge in [-0.3, -0.25) is 9.69 Å². The Bertz CT molecular complexity index is 671. The monoisotopic (exact) mass is 409 g/mol. The molecule has 1 aliphatic heterocycles. The Morgan fingerprint density at radius 2 is 1.80 bits per heavy atom. The van der Waals surface area contributed by atoms with E-state index in [1.54, 1.807) is 0 Å². The van der Waals surface area contributed by atoms with Crippen LogP contribution in [0.5, 0.6) is 0 Å². The third-order valence-electron chi connectivity index (χ3n) is 6.03. The van der Waals surface area contributed by atoms with Crippen molar-refractivity contribution in [3.63, 3.8) is 0 Å². The minimum absolute atomic E-state index is 0.0832. The van der Waals surface area contributed by atoms with Gasteiger partial charge in [0.05, 0.1) is 12.7 Å². The number of aliphatic hydroxyl groups is 2. The molecule has 3 rings (SSSR count). The zero-order chi connectivity index (χ0) is 18.5. The van der Waals surface area contributed by atoms with Gasteiger partial charge in [-0.2, -0.15) is 0 Å². The first-order valence-electron chi connectivity index (χ1n) is 8.91. The molecule has 0 radical (unpaired) electrons. The molecule has 1 saturated carbocycles. The molecule has 1 aromatic carbocycles. The van der Waals surface area contributed by atoms with E-state index in [9.17, 15) is 15.0 Å². The highest BCUT2D eigenvalue weighted by molar-refractivity contribution is 9.10. The zero-order valence-electron chi connectivity index (χ0n) is 15.3. The van der Waals surface area contributed by atoms with Crippen LogP contribution in [0.4, 0.5) is 0 Å². The summed E-state index contributed by atoms with van der Waals surface area (Å²) < 4.78 is 0.997. The number of likely N-dealkylation sites (tertiary alicyclic amines) is 1. The van der Waals surface area contributed by atoms with Crippen LogP contribution >= 0.6 is 15.9 Å². The highest BCUT2D eigenvalue weighted by Gasteiger charge is 2.60. The topological polar surface area (TPSA) is 60.8 Å². The van der Waals surface area contributed by atoms with Gasteiger partial charge in [0.2, 0.25) is 0 Å². The molecule has 2 N–H and O–H groups in total. The van der Waals surface area contributed by atoms with Crippen molar-refractivity contribution in [2.45, 2.75) is 51.7 Å². The van der Waals surface area contributed by atoms with Gasteiger partial charge in [-0.15, -0.1) is 0 Å². The molecule has 3 atom stereocenters. The van der Waals surface area contributed by atoms with Gasteiger partial charge in [-0.25, -0.2) is 0 Å². The van der Waals surface area contributed by atoms with Crippen LogP contribution < -0.4 is 0 Å². The van der Waals surface area contributed by atoms with E-state index in [0.29, 0.717) is 25.9 Å². The number of halogens is 1. The molecule has 138 valence electrons. The van der Waals surface area contributed by atoms with E-state index >= 15 is 0 Å². The van der Waals surface area contributed by atoms with Crippen LogP contribution in [0.25, 0.3) is 0 Å². The SMILES string of the molecule is CC(C)(C)N1CC2(CO)CC(=O)CC(Cc3ccccc3Br)(C1)C2O. The van der Waals surface area contributed by atoms with Crippen LogP contribution in [-0.2, 0) is 11.2 Å².